The number of Topliss-reactive ketones (excluding diaryl/α,β-unsaturated/α-hetero) is 1. The maximum atomic E-state index is 13.4. The van der Waals surface area contributed by atoms with Gasteiger partial charge in [-0.25, -0.2) is 0 Å². The van der Waals surface area contributed by atoms with E-state index >= 15 is 0 Å². The fourth-order valence-electron chi connectivity index (χ4n) is 6.01. The molecule has 0 amide bonds. The lowest BCUT2D eigenvalue weighted by atomic mass is 9.33. The summed E-state index contributed by atoms with van der Waals surface area (Å²) in [5, 5.41) is 15.1. The van der Waals surface area contributed by atoms with Gasteiger partial charge in [0.05, 0.1) is 6.10 Å². The van der Waals surface area contributed by atoms with E-state index in [1.807, 2.05) is 6.07 Å². The summed E-state index contributed by atoms with van der Waals surface area (Å²) in [6.07, 6.45) is 2.99. The van der Waals surface area contributed by atoms with Crippen LogP contribution in [-0.2, 0) is 16.1 Å². The van der Waals surface area contributed by atoms with Crippen LogP contribution in [0.4, 0.5) is 8.78 Å². The second-order valence-electron chi connectivity index (χ2n) is 10.4. The van der Waals surface area contributed by atoms with Crippen LogP contribution in [0.2, 0.25) is 5.02 Å². The Labute approximate surface area is 205 Å². The quantitative estimate of drug-likeness (QED) is 0.462. The molecule has 3 fully saturated rings. The number of aromatic nitrogens is 2. The van der Waals surface area contributed by atoms with Gasteiger partial charge in [0.15, 0.2) is 11.9 Å². The van der Waals surface area contributed by atoms with Gasteiger partial charge in [0, 0.05) is 53.6 Å². The molecule has 2 aromatic heterocycles. The molecule has 35 heavy (non-hydrogen) atoms. The van der Waals surface area contributed by atoms with Gasteiger partial charge in [0.2, 0.25) is 0 Å². The maximum Gasteiger partial charge on any atom is 0.286 e. The third-order valence-electron chi connectivity index (χ3n) is 7.63. The first-order valence-corrected chi connectivity index (χ1v) is 11.9. The summed E-state index contributed by atoms with van der Waals surface area (Å²) in [6, 6.07) is 9.74. The highest BCUT2D eigenvalue weighted by Crippen LogP contribution is 2.75. The maximum absolute atomic E-state index is 13.4. The molecule has 4 aliphatic rings. The summed E-state index contributed by atoms with van der Waals surface area (Å²) in [7, 11) is 0. The zero-order valence-corrected chi connectivity index (χ0v) is 19.7. The Balaban J connectivity index is 1.09. The summed E-state index contributed by atoms with van der Waals surface area (Å²) in [6.45, 7) is 0.810. The summed E-state index contributed by atoms with van der Waals surface area (Å²) < 4.78 is 38.3. The molecule has 2 atom stereocenters. The Morgan fingerprint density at radius 2 is 2.00 bits per heavy atom. The highest BCUT2D eigenvalue weighted by Gasteiger charge is 2.70. The van der Waals surface area contributed by atoms with Gasteiger partial charge in [-0.3, -0.25) is 9.78 Å². The SMILES string of the molecule is CC(F)(F)c1ccc(-c2cc(C34CC(CC(=O)[C@@H]5C[C@@H](O)c6cc(Cl)ccc6O5)(C3)C4)on2)cn1. The van der Waals surface area contributed by atoms with E-state index in [0.717, 1.165) is 31.9 Å². The van der Waals surface area contributed by atoms with E-state index in [9.17, 15) is 18.7 Å². The number of carbonyl (C=O) groups excluding carboxylic acids is 1. The van der Waals surface area contributed by atoms with Crippen molar-refractivity contribution in [3.8, 4) is 17.0 Å². The average molecular weight is 501 g/mol. The van der Waals surface area contributed by atoms with Gasteiger partial charge in [-0.15, -0.1) is 0 Å². The minimum absolute atomic E-state index is 0.00454. The highest BCUT2D eigenvalue weighted by atomic mass is 35.5. The fourth-order valence-corrected chi connectivity index (χ4v) is 6.19. The Bertz CT molecular complexity index is 1300. The third kappa shape index (κ3) is 3.74. The smallest absolute Gasteiger partial charge is 0.286 e. The van der Waals surface area contributed by atoms with E-state index < -0.39 is 18.1 Å². The summed E-state index contributed by atoms with van der Waals surface area (Å²) in [5.74, 6) is -1.75. The highest BCUT2D eigenvalue weighted by molar-refractivity contribution is 6.30. The largest absolute Gasteiger partial charge is 0.482 e. The van der Waals surface area contributed by atoms with E-state index in [4.69, 9.17) is 20.9 Å². The van der Waals surface area contributed by atoms with Gasteiger partial charge in [-0.2, -0.15) is 8.78 Å². The molecule has 0 radical (unpaired) electrons. The standard InChI is InChI=1S/C26H23ClF2N2O4/c1-24(28,29)22-5-2-14(10-30-22)17-7-23(35-31-17)26-11-25(12-26,13-26)9-19(33)21-8-18(32)16-6-15(27)3-4-20(16)34-21/h2-7,10,18,21,32H,8-9,11-13H2,1H3/t18-,21+,25?,26?/m1/s1. The average Bonchev–Trinajstić information content (AvgIpc) is 3.25. The van der Waals surface area contributed by atoms with Gasteiger partial charge >= 0.3 is 0 Å². The van der Waals surface area contributed by atoms with Gasteiger partial charge in [-0.1, -0.05) is 16.8 Å². The van der Waals surface area contributed by atoms with Crippen molar-refractivity contribution in [1.29, 1.82) is 0 Å². The molecule has 1 aliphatic heterocycles. The summed E-state index contributed by atoms with van der Waals surface area (Å²) in [4.78, 5) is 16.9. The van der Waals surface area contributed by atoms with Crippen LogP contribution < -0.4 is 4.74 Å². The predicted octanol–water partition coefficient (Wildman–Crippen LogP) is 5.77. The number of ether oxygens (including phenoxy) is 1. The first-order valence-electron chi connectivity index (χ1n) is 11.5. The summed E-state index contributed by atoms with van der Waals surface area (Å²) in [5.41, 5.74) is 1.27. The Morgan fingerprint density at radius 3 is 2.69 bits per heavy atom. The number of fused-ring (bicyclic) bond motifs is 1. The van der Waals surface area contributed by atoms with E-state index in [1.54, 1.807) is 24.3 Å². The number of halogens is 3. The van der Waals surface area contributed by atoms with Gasteiger partial charge in [-0.05, 0) is 55.0 Å². The molecule has 3 aromatic rings. The molecule has 182 valence electrons. The molecule has 7 rings (SSSR count). The number of hydrogen-bond donors (Lipinski definition) is 1. The number of aliphatic hydroxyl groups is 1. The number of alkyl halides is 2. The van der Waals surface area contributed by atoms with Crippen molar-refractivity contribution in [2.24, 2.45) is 5.41 Å². The van der Waals surface area contributed by atoms with Crippen molar-refractivity contribution < 1.29 is 27.9 Å². The van der Waals surface area contributed by atoms with Crippen LogP contribution in [-0.4, -0.2) is 27.1 Å². The Kier molecular flexibility index (Phi) is 4.90. The topological polar surface area (TPSA) is 85.5 Å². The molecule has 3 heterocycles. The minimum atomic E-state index is -3.00. The number of rotatable bonds is 6. The lowest BCUT2D eigenvalue weighted by molar-refractivity contribution is -0.170. The fraction of sp³-hybridized carbons (Fsp3) is 0.423. The number of aliphatic hydroxyl groups excluding tert-OH is 1. The van der Waals surface area contributed by atoms with Crippen molar-refractivity contribution >= 4 is 17.4 Å². The van der Waals surface area contributed by atoms with Crippen LogP contribution in [0.5, 0.6) is 5.75 Å². The molecular formula is C26H23ClF2N2O4. The van der Waals surface area contributed by atoms with E-state index in [0.29, 0.717) is 34.0 Å². The first-order chi connectivity index (χ1) is 16.6. The Hall–Kier alpha value is -2.84. The molecule has 2 bridgehead atoms. The Morgan fingerprint density at radius 1 is 1.23 bits per heavy atom. The van der Waals surface area contributed by atoms with Crippen molar-refractivity contribution in [3.05, 3.63) is 64.6 Å². The number of nitrogens with zero attached hydrogens (tertiary/aromatic N) is 2. The third-order valence-corrected chi connectivity index (χ3v) is 7.86. The summed E-state index contributed by atoms with van der Waals surface area (Å²) >= 11 is 6.01. The van der Waals surface area contributed by atoms with E-state index in [1.165, 1.54) is 12.3 Å². The van der Waals surface area contributed by atoms with Crippen molar-refractivity contribution in [2.45, 2.75) is 62.6 Å². The van der Waals surface area contributed by atoms with Crippen LogP contribution in [0.15, 0.2) is 47.1 Å². The van der Waals surface area contributed by atoms with Crippen molar-refractivity contribution in [2.75, 3.05) is 0 Å². The number of ketones is 1. The molecule has 0 spiro atoms. The number of carbonyl (C=O) groups is 1. The molecule has 0 unspecified atom stereocenters. The van der Waals surface area contributed by atoms with Crippen molar-refractivity contribution in [3.63, 3.8) is 0 Å². The molecular weight excluding hydrogens is 478 g/mol. The predicted molar refractivity (Wildman–Crippen MR) is 122 cm³/mol. The molecule has 3 saturated carbocycles. The monoisotopic (exact) mass is 500 g/mol. The minimum Gasteiger partial charge on any atom is -0.482 e. The van der Waals surface area contributed by atoms with Crippen LogP contribution in [0.1, 0.15) is 62.1 Å². The van der Waals surface area contributed by atoms with Crippen LogP contribution in [0.3, 0.4) is 0 Å². The van der Waals surface area contributed by atoms with Crippen molar-refractivity contribution in [1.82, 2.24) is 10.1 Å². The van der Waals surface area contributed by atoms with Crippen LogP contribution in [0, 0.1) is 5.41 Å². The zero-order chi connectivity index (χ0) is 24.6. The van der Waals surface area contributed by atoms with Crippen LogP contribution in [0.25, 0.3) is 11.3 Å². The molecule has 0 saturated heterocycles. The number of hydrogen-bond acceptors (Lipinski definition) is 6. The zero-order valence-electron chi connectivity index (χ0n) is 18.9. The van der Waals surface area contributed by atoms with E-state index in [-0.39, 0.29) is 28.7 Å². The molecule has 9 heteroatoms. The number of pyridine rings is 1. The van der Waals surface area contributed by atoms with Crippen LogP contribution >= 0.6 is 11.6 Å². The molecule has 1 aromatic carbocycles. The number of benzene rings is 1. The molecule has 1 N–H and O–H groups in total. The normalized spacial score (nSPS) is 28.9. The second kappa shape index (κ2) is 7.58. The van der Waals surface area contributed by atoms with Gasteiger partial charge in [0.1, 0.15) is 22.9 Å². The van der Waals surface area contributed by atoms with Gasteiger partial charge < -0.3 is 14.4 Å². The van der Waals surface area contributed by atoms with Gasteiger partial charge in [0.25, 0.3) is 5.92 Å². The molecule has 6 nitrogen and oxygen atoms in total. The first kappa shape index (κ1) is 22.6. The second-order valence-corrected chi connectivity index (χ2v) is 10.8. The van der Waals surface area contributed by atoms with E-state index in [2.05, 4.69) is 10.1 Å². The molecule has 3 aliphatic carbocycles. The lowest BCUT2D eigenvalue weighted by Gasteiger charge is -2.69. The lowest BCUT2D eigenvalue weighted by Crippen LogP contribution is -2.65.